The van der Waals surface area contributed by atoms with E-state index < -0.39 is 0 Å². The van der Waals surface area contributed by atoms with Gasteiger partial charge in [0.2, 0.25) is 0 Å². The zero-order valence-electron chi connectivity index (χ0n) is 13.7. The van der Waals surface area contributed by atoms with Crippen LogP contribution in [0.25, 0.3) is 5.57 Å². The van der Waals surface area contributed by atoms with Crippen LogP contribution >= 0.6 is 23.4 Å². The Morgan fingerprint density at radius 1 is 1.12 bits per heavy atom. The van der Waals surface area contributed by atoms with Crippen molar-refractivity contribution in [2.75, 3.05) is 0 Å². The smallest absolute Gasteiger partial charge is 0.264 e. The Hall–Kier alpha value is -2.04. The van der Waals surface area contributed by atoms with Crippen molar-refractivity contribution in [2.24, 2.45) is 4.99 Å². The fourth-order valence-corrected chi connectivity index (χ4v) is 3.42. The van der Waals surface area contributed by atoms with Gasteiger partial charge in [-0.15, -0.1) is 0 Å². The topological polar surface area (TPSA) is 41.5 Å². The standard InChI is InChI=1S/C19H17ClN2OS/c1-11-4-5-12(2)16(10-11)21-19-22-18(23)17(24-19)13(3)14-6-8-15(20)9-7-14/h4-10H,1-3H3,(H,21,22,23)/b17-13-. The molecule has 0 aliphatic carbocycles. The molecule has 0 spiro atoms. The van der Waals surface area contributed by atoms with E-state index in [1.807, 2.05) is 57.2 Å². The number of nitrogens with one attached hydrogen (secondary N) is 1. The molecule has 0 unspecified atom stereocenters. The highest BCUT2D eigenvalue weighted by atomic mass is 35.5. The molecular formula is C19H17ClN2OS. The molecule has 1 heterocycles. The van der Waals surface area contributed by atoms with Crippen LogP contribution in [0.2, 0.25) is 5.02 Å². The van der Waals surface area contributed by atoms with Crippen LogP contribution in [0.1, 0.15) is 23.6 Å². The SMILES string of the molecule is C/C(=C1/SC(=Nc2cc(C)ccc2C)NC1=O)c1ccc(Cl)cc1. The van der Waals surface area contributed by atoms with Gasteiger partial charge in [-0.3, -0.25) is 4.79 Å². The number of amides is 1. The number of allylic oxidation sites excluding steroid dienone is 1. The van der Waals surface area contributed by atoms with E-state index in [2.05, 4.69) is 16.4 Å². The lowest BCUT2D eigenvalue weighted by atomic mass is 10.1. The predicted octanol–water partition coefficient (Wildman–Crippen LogP) is 5.24. The summed E-state index contributed by atoms with van der Waals surface area (Å²) in [5.41, 5.74) is 4.99. The second-order valence-corrected chi connectivity index (χ2v) is 7.16. The van der Waals surface area contributed by atoms with E-state index in [-0.39, 0.29) is 5.91 Å². The Labute approximate surface area is 150 Å². The number of aliphatic imine (C=N–C) groups is 1. The largest absolute Gasteiger partial charge is 0.300 e. The summed E-state index contributed by atoms with van der Waals surface area (Å²) in [5.74, 6) is -0.114. The van der Waals surface area contributed by atoms with Crippen molar-refractivity contribution in [1.82, 2.24) is 5.32 Å². The molecule has 0 saturated carbocycles. The second-order valence-electron chi connectivity index (χ2n) is 5.72. The first-order valence-corrected chi connectivity index (χ1v) is 8.75. The maximum Gasteiger partial charge on any atom is 0.264 e. The summed E-state index contributed by atoms with van der Waals surface area (Å²) in [6.45, 7) is 5.97. The van der Waals surface area contributed by atoms with Crippen molar-refractivity contribution in [3.05, 3.63) is 69.1 Å². The highest BCUT2D eigenvalue weighted by Gasteiger charge is 2.26. The van der Waals surface area contributed by atoms with Crippen molar-refractivity contribution in [2.45, 2.75) is 20.8 Å². The Balaban J connectivity index is 1.93. The van der Waals surface area contributed by atoms with E-state index in [1.54, 1.807) is 0 Å². The van der Waals surface area contributed by atoms with Gasteiger partial charge in [-0.05, 0) is 73.0 Å². The number of aryl methyl sites for hydroxylation is 2. The van der Waals surface area contributed by atoms with E-state index >= 15 is 0 Å². The fraction of sp³-hybridized carbons (Fsp3) is 0.158. The molecule has 122 valence electrons. The lowest BCUT2D eigenvalue weighted by Crippen LogP contribution is -2.19. The summed E-state index contributed by atoms with van der Waals surface area (Å²) in [4.78, 5) is 17.6. The average Bonchev–Trinajstić information content (AvgIpc) is 2.91. The third-order valence-corrected chi connectivity index (χ3v) is 5.16. The van der Waals surface area contributed by atoms with Gasteiger partial charge in [0.05, 0.1) is 10.6 Å². The lowest BCUT2D eigenvalue weighted by Gasteiger charge is -2.04. The highest BCUT2D eigenvalue weighted by molar-refractivity contribution is 8.18. The zero-order chi connectivity index (χ0) is 17.3. The Morgan fingerprint density at radius 2 is 1.83 bits per heavy atom. The van der Waals surface area contributed by atoms with E-state index in [9.17, 15) is 4.79 Å². The van der Waals surface area contributed by atoms with Crippen molar-refractivity contribution >= 4 is 45.7 Å². The molecule has 1 fully saturated rings. The third-order valence-electron chi connectivity index (χ3n) is 3.83. The van der Waals surface area contributed by atoms with E-state index in [0.29, 0.717) is 15.1 Å². The van der Waals surface area contributed by atoms with Gasteiger partial charge in [0.15, 0.2) is 5.17 Å². The Bertz CT molecular complexity index is 869. The molecule has 1 amide bonds. The van der Waals surface area contributed by atoms with E-state index in [4.69, 9.17) is 11.6 Å². The van der Waals surface area contributed by atoms with Crippen LogP contribution in [0.15, 0.2) is 52.4 Å². The lowest BCUT2D eigenvalue weighted by molar-refractivity contribution is -0.115. The first-order valence-electron chi connectivity index (χ1n) is 7.56. The number of carbonyl (C=O) groups is 1. The minimum atomic E-state index is -0.114. The van der Waals surface area contributed by atoms with Gasteiger partial charge in [0.25, 0.3) is 5.91 Å². The quantitative estimate of drug-likeness (QED) is 0.748. The van der Waals surface area contributed by atoms with Crippen LogP contribution in [-0.2, 0) is 4.79 Å². The molecule has 2 aromatic carbocycles. The maximum atomic E-state index is 12.3. The molecule has 0 aromatic heterocycles. The highest BCUT2D eigenvalue weighted by Crippen LogP contribution is 2.33. The summed E-state index contributed by atoms with van der Waals surface area (Å²) in [7, 11) is 0. The number of hydrogen-bond donors (Lipinski definition) is 1. The van der Waals surface area contributed by atoms with Gasteiger partial charge in [0.1, 0.15) is 0 Å². The van der Waals surface area contributed by atoms with Gasteiger partial charge in [-0.25, -0.2) is 4.99 Å². The molecule has 0 atom stereocenters. The molecule has 1 aliphatic rings. The van der Waals surface area contributed by atoms with Crippen LogP contribution in [0.3, 0.4) is 0 Å². The maximum absolute atomic E-state index is 12.3. The van der Waals surface area contributed by atoms with Crippen molar-refractivity contribution in [1.29, 1.82) is 0 Å². The number of halogens is 1. The fourth-order valence-electron chi connectivity index (χ4n) is 2.40. The molecule has 3 nitrogen and oxygen atoms in total. The van der Waals surface area contributed by atoms with E-state index in [0.717, 1.165) is 28.0 Å². The Kier molecular flexibility index (Phi) is 4.78. The van der Waals surface area contributed by atoms with Gasteiger partial charge >= 0.3 is 0 Å². The van der Waals surface area contributed by atoms with Gasteiger partial charge < -0.3 is 5.32 Å². The number of rotatable bonds is 2. The van der Waals surface area contributed by atoms with Crippen molar-refractivity contribution < 1.29 is 4.79 Å². The number of hydrogen-bond acceptors (Lipinski definition) is 3. The molecular weight excluding hydrogens is 340 g/mol. The molecule has 0 bridgehead atoms. The minimum Gasteiger partial charge on any atom is -0.300 e. The molecule has 1 aliphatic heterocycles. The normalized spacial score (nSPS) is 18.0. The van der Waals surface area contributed by atoms with Crippen LogP contribution in [0.4, 0.5) is 5.69 Å². The summed E-state index contributed by atoms with van der Waals surface area (Å²) in [5, 5.41) is 4.14. The first kappa shape index (κ1) is 16.8. The molecule has 2 aromatic rings. The molecule has 24 heavy (non-hydrogen) atoms. The summed E-state index contributed by atoms with van der Waals surface area (Å²) in [6, 6.07) is 13.6. The molecule has 5 heteroatoms. The predicted molar refractivity (Wildman–Crippen MR) is 103 cm³/mol. The van der Waals surface area contributed by atoms with Crippen LogP contribution < -0.4 is 5.32 Å². The summed E-state index contributed by atoms with van der Waals surface area (Å²) >= 11 is 7.30. The minimum absolute atomic E-state index is 0.114. The molecule has 1 N–H and O–H groups in total. The van der Waals surface area contributed by atoms with Crippen molar-refractivity contribution in [3.63, 3.8) is 0 Å². The number of nitrogens with zero attached hydrogens (tertiary/aromatic N) is 1. The molecule has 1 saturated heterocycles. The first-order chi connectivity index (χ1) is 11.4. The van der Waals surface area contributed by atoms with Gasteiger partial charge in [-0.2, -0.15) is 0 Å². The van der Waals surface area contributed by atoms with E-state index in [1.165, 1.54) is 11.8 Å². The van der Waals surface area contributed by atoms with Crippen LogP contribution in [-0.4, -0.2) is 11.1 Å². The number of benzene rings is 2. The van der Waals surface area contributed by atoms with Crippen LogP contribution in [0.5, 0.6) is 0 Å². The number of thioether (sulfide) groups is 1. The summed E-state index contributed by atoms with van der Waals surface area (Å²) in [6.07, 6.45) is 0. The zero-order valence-corrected chi connectivity index (χ0v) is 15.3. The summed E-state index contributed by atoms with van der Waals surface area (Å²) < 4.78 is 0. The number of amidine groups is 1. The van der Waals surface area contributed by atoms with Crippen molar-refractivity contribution in [3.8, 4) is 0 Å². The molecule has 3 rings (SSSR count). The third kappa shape index (κ3) is 3.55. The van der Waals surface area contributed by atoms with Gasteiger partial charge in [0, 0.05) is 5.02 Å². The Morgan fingerprint density at radius 3 is 2.54 bits per heavy atom. The van der Waals surface area contributed by atoms with Gasteiger partial charge in [-0.1, -0.05) is 35.9 Å². The van der Waals surface area contributed by atoms with Crippen LogP contribution in [0, 0.1) is 13.8 Å². The monoisotopic (exact) mass is 356 g/mol. The number of carbonyl (C=O) groups excluding carboxylic acids is 1. The average molecular weight is 357 g/mol. The molecule has 0 radical (unpaired) electrons. The second kappa shape index (κ2) is 6.83.